The van der Waals surface area contributed by atoms with Gasteiger partial charge >= 0.3 is 0 Å². The zero-order valence-electron chi connectivity index (χ0n) is 21.5. The van der Waals surface area contributed by atoms with Crippen LogP contribution >= 0.6 is 0 Å². The second kappa shape index (κ2) is 9.41. The molecule has 1 heterocycles. The third-order valence-corrected chi connectivity index (χ3v) is 10.0. The van der Waals surface area contributed by atoms with Gasteiger partial charge in [0.2, 0.25) is 21.8 Å². The fourth-order valence-electron chi connectivity index (χ4n) is 6.44. The Morgan fingerprint density at radius 2 is 2.03 bits per heavy atom. The van der Waals surface area contributed by atoms with Gasteiger partial charge in [0, 0.05) is 17.7 Å². The molecule has 2 bridgehead atoms. The van der Waals surface area contributed by atoms with Crippen LogP contribution in [0.3, 0.4) is 0 Å². The van der Waals surface area contributed by atoms with Gasteiger partial charge in [0.05, 0.1) is 25.4 Å². The molecular weight excluding hydrogens is 483 g/mol. The Morgan fingerprint density at radius 1 is 1.31 bits per heavy atom. The summed E-state index contributed by atoms with van der Waals surface area (Å²) in [7, 11) is -2.55. The second-order valence-corrected chi connectivity index (χ2v) is 12.8. The molecule has 1 amide bonds. The average molecular weight is 519 g/mol. The SMILES string of the molecule is COc1cc(-c2cc(F)cc(C(C)C)c2CC(=O)NS(=O)(=O)C[C@@]23CC[C@@H](C[C@H]2O)C3(C)C)ccn1. The molecule has 1 aromatic carbocycles. The van der Waals surface area contributed by atoms with Crippen molar-refractivity contribution in [1.29, 1.82) is 0 Å². The van der Waals surface area contributed by atoms with E-state index in [-0.39, 0.29) is 29.4 Å². The van der Waals surface area contributed by atoms with Crippen LogP contribution in [0.4, 0.5) is 4.39 Å². The van der Waals surface area contributed by atoms with Gasteiger partial charge in [-0.1, -0.05) is 27.7 Å². The third-order valence-electron chi connectivity index (χ3n) is 8.57. The van der Waals surface area contributed by atoms with Gasteiger partial charge in [0.15, 0.2) is 0 Å². The van der Waals surface area contributed by atoms with Gasteiger partial charge in [-0.3, -0.25) is 9.52 Å². The van der Waals surface area contributed by atoms with Crippen molar-refractivity contribution in [3.8, 4) is 17.0 Å². The average Bonchev–Trinajstić information content (AvgIpc) is 3.13. The number of benzene rings is 1. The smallest absolute Gasteiger partial charge is 0.237 e. The lowest BCUT2D eigenvalue weighted by atomic mass is 9.70. The van der Waals surface area contributed by atoms with E-state index in [2.05, 4.69) is 9.71 Å². The van der Waals surface area contributed by atoms with E-state index in [0.717, 1.165) is 6.42 Å². The molecule has 7 nitrogen and oxygen atoms in total. The number of sulfonamides is 1. The molecule has 1 aromatic heterocycles. The van der Waals surface area contributed by atoms with Gasteiger partial charge < -0.3 is 9.84 Å². The quantitative estimate of drug-likeness (QED) is 0.543. The molecule has 0 aliphatic heterocycles. The molecule has 9 heteroatoms. The molecule has 2 aromatic rings. The largest absolute Gasteiger partial charge is 0.481 e. The van der Waals surface area contributed by atoms with E-state index < -0.39 is 33.3 Å². The number of carbonyl (C=O) groups excluding carboxylic acids is 1. The Kier molecular flexibility index (Phi) is 6.94. The molecule has 2 saturated carbocycles. The zero-order valence-corrected chi connectivity index (χ0v) is 22.3. The summed E-state index contributed by atoms with van der Waals surface area (Å²) in [6.45, 7) is 7.81. The van der Waals surface area contributed by atoms with Crippen LogP contribution in [0.5, 0.6) is 5.88 Å². The topological polar surface area (TPSA) is 106 Å². The molecule has 4 rings (SSSR count). The van der Waals surface area contributed by atoms with Crippen molar-refractivity contribution in [3.05, 3.63) is 47.4 Å². The van der Waals surface area contributed by atoms with Gasteiger partial charge in [-0.2, -0.15) is 0 Å². The van der Waals surface area contributed by atoms with Gasteiger partial charge in [-0.25, -0.2) is 17.8 Å². The van der Waals surface area contributed by atoms with Crippen LogP contribution in [0.2, 0.25) is 0 Å². The van der Waals surface area contributed by atoms with E-state index in [1.54, 1.807) is 12.1 Å². The van der Waals surface area contributed by atoms with Crippen LogP contribution in [-0.2, 0) is 21.2 Å². The summed E-state index contributed by atoms with van der Waals surface area (Å²) in [6, 6.07) is 6.07. The summed E-state index contributed by atoms with van der Waals surface area (Å²) in [5, 5.41) is 10.7. The van der Waals surface area contributed by atoms with Crippen molar-refractivity contribution >= 4 is 15.9 Å². The van der Waals surface area contributed by atoms with E-state index in [9.17, 15) is 22.7 Å². The molecule has 2 aliphatic carbocycles. The first-order valence-electron chi connectivity index (χ1n) is 12.3. The van der Waals surface area contributed by atoms with Crippen LogP contribution in [0.1, 0.15) is 64.0 Å². The van der Waals surface area contributed by atoms with Crippen LogP contribution in [0.25, 0.3) is 11.1 Å². The number of ether oxygens (including phenoxy) is 1. The van der Waals surface area contributed by atoms with E-state index in [1.807, 2.05) is 27.7 Å². The molecule has 2 fully saturated rings. The van der Waals surface area contributed by atoms with Crippen molar-refractivity contribution in [3.63, 3.8) is 0 Å². The standard InChI is InChI=1S/C27H35FN2O5S/c1-16(2)20-12-19(28)13-21(17-7-9-29-25(10-17)35-5)22(20)14-24(32)30-36(33,34)15-27-8-6-18(11-23(27)31)26(27,3)4/h7,9-10,12-13,16,18,23,31H,6,8,11,14-15H2,1-5H3,(H,30,32)/t18-,23+,27-/m0/s1. The minimum atomic E-state index is -4.03. The predicted octanol–water partition coefficient (Wildman–Crippen LogP) is 4.20. The lowest BCUT2D eigenvalue weighted by Crippen LogP contribution is -2.48. The molecular formula is C27H35FN2O5S. The number of hydrogen-bond acceptors (Lipinski definition) is 6. The lowest BCUT2D eigenvalue weighted by molar-refractivity contribution is -0.118. The van der Waals surface area contributed by atoms with E-state index >= 15 is 0 Å². The fourth-order valence-corrected chi connectivity index (χ4v) is 8.32. The number of nitrogens with zero attached hydrogens (tertiary/aromatic N) is 1. The predicted molar refractivity (Wildman–Crippen MR) is 135 cm³/mol. The number of methoxy groups -OCH3 is 1. The Bertz CT molecular complexity index is 1280. The maximum Gasteiger partial charge on any atom is 0.237 e. The van der Waals surface area contributed by atoms with Crippen LogP contribution in [0, 0.1) is 22.6 Å². The van der Waals surface area contributed by atoms with Crippen LogP contribution < -0.4 is 9.46 Å². The molecule has 2 aliphatic rings. The normalized spacial score (nSPS) is 24.8. The lowest BCUT2D eigenvalue weighted by Gasteiger charge is -2.40. The highest BCUT2D eigenvalue weighted by Gasteiger charge is 2.65. The first kappa shape index (κ1) is 26.5. The van der Waals surface area contributed by atoms with Crippen molar-refractivity contribution in [1.82, 2.24) is 9.71 Å². The number of carbonyl (C=O) groups is 1. The number of rotatable bonds is 8. The maximum absolute atomic E-state index is 14.6. The van der Waals surface area contributed by atoms with Gasteiger partial charge in [-0.05, 0) is 77.0 Å². The fraction of sp³-hybridized carbons (Fsp3) is 0.556. The van der Waals surface area contributed by atoms with Crippen molar-refractivity contribution in [2.24, 2.45) is 16.7 Å². The molecule has 2 N–H and O–H groups in total. The summed E-state index contributed by atoms with van der Waals surface area (Å²) in [5.41, 5.74) is 1.16. The zero-order chi connectivity index (χ0) is 26.5. The minimum Gasteiger partial charge on any atom is -0.481 e. The molecule has 36 heavy (non-hydrogen) atoms. The van der Waals surface area contributed by atoms with Crippen molar-refractivity contribution < 1.29 is 27.4 Å². The first-order chi connectivity index (χ1) is 16.8. The molecule has 196 valence electrons. The van der Waals surface area contributed by atoms with Crippen molar-refractivity contribution in [2.45, 2.75) is 65.4 Å². The summed E-state index contributed by atoms with van der Waals surface area (Å²) in [5.74, 6) is -0.938. The summed E-state index contributed by atoms with van der Waals surface area (Å²) in [6.07, 6.45) is 2.66. The number of aromatic nitrogens is 1. The molecule has 0 saturated heterocycles. The third kappa shape index (κ3) is 4.63. The van der Waals surface area contributed by atoms with E-state index in [0.29, 0.717) is 41.0 Å². The maximum atomic E-state index is 14.6. The van der Waals surface area contributed by atoms with Crippen molar-refractivity contribution in [2.75, 3.05) is 12.9 Å². The van der Waals surface area contributed by atoms with Crippen LogP contribution in [-0.4, -0.2) is 43.4 Å². The van der Waals surface area contributed by atoms with E-state index in [4.69, 9.17) is 4.74 Å². The highest BCUT2D eigenvalue weighted by molar-refractivity contribution is 7.90. The highest BCUT2D eigenvalue weighted by Crippen LogP contribution is 2.66. The number of aliphatic hydroxyl groups excluding tert-OH is 1. The Balaban J connectivity index is 1.63. The number of amides is 1. The molecule has 0 radical (unpaired) electrons. The Labute approximate surface area is 212 Å². The Hall–Kier alpha value is -2.52. The summed E-state index contributed by atoms with van der Waals surface area (Å²) >= 11 is 0. The molecule has 3 atom stereocenters. The highest BCUT2D eigenvalue weighted by atomic mass is 32.2. The molecule has 0 unspecified atom stereocenters. The van der Waals surface area contributed by atoms with E-state index in [1.165, 1.54) is 25.4 Å². The first-order valence-corrected chi connectivity index (χ1v) is 14.0. The van der Waals surface area contributed by atoms with Crippen LogP contribution in [0.15, 0.2) is 30.5 Å². The number of halogens is 1. The second-order valence-electron chi connectivity index (χ2n) is 11.1. The van der Waals surface area contributed by atoms with Gasteiger partial charge in [0.25, 0.3) is 0 Å². The number of pyridine rings is 1. The number of aliphatic hydroxyl groups is 1. The monoisotopic (exact) mass is 518 g/mol. The molecule has 0 spiro atoms. The Morgan fingerprint density at radius 3 is 2.61 bits per heavy atom. The van der Waals surface area contributed by atoms with Gasteiger partial charge in [0.1, 0.15) is 5.82 Å². The summed E-state index contributed by atoms with van der Waals surface area (Å²) in [4.78, 5) is 17.2. The number of hydrogen-bond donors (Lipinski definition) is 2. The minimum absolute atomic E-state index is 0.105. The number of fused-ring (bicyclic) bond motifs is 2. The number of nitrogens with one attached hydrogen (secondary N) is 1. The van der Waals surface area contributed by atoms with Gasteiger partial charge in [-0.15, -0.1) is 0 Å². The summed E-state index contributed by atoms with van der Waals surface area (Å²) < 4.78 is 48.4.